The number of hydrogen-bond donors (Lipinski definition) is 0. The van der Waals surface area contributed by atoms with Crippen molar-refractivity contribution in [2.24, 2.45) is 0 Å². The van der Waals surface area contributed by atoms with E-state index in [0.29, 0.717) is 0 Å². The van der Waals surface area contributed by atoms with Gasteiger partial charge in [0, 0.05) is 9.52 Å². The Hall–Kier alpha value is -1.79. The molecule has 0 heterocycles. The molecule has 0 aliphatic carbocycles. The van der Waals surface area contributed by atoms with Crippen LogP contribution < -0.4 is 10.4 Å². The molecule has 0 spiro atoms. The SMILES string of the molecule is CCc1cc2c(-c3ccc([Si](C(C)C)(C(C)C)C(C)C)cc3)cccc2[cH-]1.CCc1cc2c(-c3ccc([Si](C(C)C)(C(C)C)C(C)C)cc3)cccc2[cH-]1.C[Si]C.[Cl][Zr+2][Cl]. The molecule has 0 fully saturated rings. The Morgan fingerprint density at radius 2 is 0.750 bits per heavy atom. The number of aryl methyl sites for hydroxylation is 2. The van der Waals surface area contributed by atoms with E-state index in [0.717, 1.165) is 55.6 Å². The summed E-state index contributed by atoms with van der Waals surface area (Å²) >= 11 is -0.826. The van der Waals surface area contributed by atoms with Gasteiger partial charge in [-0.1, -0.05) is 192 Å². The van der Waals surface area contributed by atoms with Crippen molar-refractivity contribution in [2.75, 3.05) is 0 Å². The monoisotopic (exact) mass is 968 g/mol. The first kappa shape index (κ1) is 52.6. The van der Waals surface area contributed by atoms with Crippen LogP contribution in [0, 0.1) is 0 Å². The van der Waals surface area contributed by atoms with Gasteiger partial charge in [-0.25, -0.2) is 0 Å². The molecule has 0 bridgehead atoms. The second kappa shape index (κ2) is 24.3. The van der Waals surface area contributed by atoms with Crippen LogP contribution in [0.4, 0.5) is 0 Å². The quantitative estimate of drug-likeness (QED) is 0.0847. The molecule has 2 radical (unpaired) electrons. The van der Waals surface area contributed by atoms with E-state index < -0.39 is 37.0 Å². The minimum absolute atomic E-state index is 0.744. The van der Waals surface area contributed by atoms with E-state index in [2.05, 4.69) is 219 Å². The first-order valence-corrected chi connectivity index (χ1v) is 35.4. The van der Waals surface area contributed by atoms with Crippen molar-refractivity contribution in [1.82, 2.24) is 0 Å². The number of hydrogen-bond acceptors (Lipinski definition) is 0. The first-order chi connectivity index (χ1) is 28.5. The Balaban J connectivity index is 0.000000283. The van der Waals surface area contributed by atoms with Gasteiger partial charge in [0.05, 0.1) is 16.1 Å². The Bertz CT molecular complexity index is 1950. The van der Waals surface area contributed by atoms with Crippen LogP contribution in [-0.4, -0.2) is 25.7 Å². The summed E-state index contributed by atoms with van der Waals surface area (Å²) in [4.78, 5) is 0. The maximum absolute atomic E-state index is 4.93. The van der Waals surface area contributed by atoms with E-state index in [1.807, 2.05) is 0 Å². The van der Waals surface area contributed by atoms with Crippen molar-refractivity contribution >= 4 is 74.6 Å². The molecule has 0 aliphatic heterocycles. The summed E-state index contributed by atoms with van der Waals surface area (Å²) < 4.78 is 0. The van der Waals surface area contributed by atoms with Crippen molar-refractivity contribution < 1.29 is 20.8 Å². The van der Waals surface area contributed by atoms with Gasteiger partial charge < -0.3 is 0 Å². The molecule has 0 N–H and O–H groups in total. The molecule has 60 heavy (non-hydrogen) atoms. The van der Waals surface area contributed by atoms with E-state index in [4.69, 9.17) is 17.0 Å². The third kappa shape index (κ3) is 11.5. The summed E-state index contributed by atoms with van der Waals surface area (Å²) in [6.07, 6.45) is 2.19. The van der Waals surface area contributed by atoms with Gasteiger partial charge in [0.25, 0.3) is 0 Å². The molecule has 0 unspecified atom stereocenters. The third-order valence-corrected chi connectivity index (χ3v) is 27.7. The maximum atomic E-state index is 4.93. The van der Waals surface area contributed by atoms with Crippen LogP contribution in [0.1, 0.15) is 108 Å². The molecule has 0 saturated heterocycles. The summed E-state index contributed by atoms with van der Waals surface area (Å²) in [7, 11) is 7.79. The van der Waals surface area contributed by atoms with Crippen molar-refractivity contribution in [3.8, 4) is 22.3 Å². The van der Waals surface area contributed by atoms with E-state index in [-0.39, 0.29) is 0 Å². The summed E-state index contributed by atoms with van der Waals surface area (Å²) in [6.45, 7) is 38.1. The fourth-order valence-electron chi connectivity index (χ4n) is 11.4. The molecule has 6 rings (SSSR count). The van der Waals surface area contributed by atoms with Crippen LogP contribution in [0.5, 0.6) is 0 Å². The Labute approximate surface area is 390 Å². The van der Waals surface area contributed by atoms with E-state index in [1.165, 1.54) is 54.9 Å². The minimum atomic E-state index is -1.58. The van der Waals surface area contributed by atoms with E-state index >= 15 is 0 Å². The van der Waals surface area contributed by atoms with Crippen LogP contribution in [0.25, 0.3) is 43.8 Å². The van der Waals surface area contributed by atoms with Gasteiger partial charge in [-0.15, -0.1) is 69.1 Å². The van der Waals surface area contributed by atoms with Crippen molar-refractivity contribution in [1.29, 1.82) is 0 Å². The Kier molecular flexibility index (Phi) is 21.3. The molecular weight excluding hydrogens is 895 g/mol. The normalized spacial score (nSPS) is 11.9. The fourth-order valence-corrected chi connectivity index (χ4v) is 24.9. The fraction of sp³-hybridized carbons (Fsp3) is 0.444. The van der Waals surface area contributed by atoms with Crippen LogP contribution in [0.3, 0.4) is 0 Å². The third-order valence-electron chi connectivity index (χ3n) is 13.6. The molecule has 0 aromatic heterocycles. The van der Waals surface area contributed by atoms with Crippen LogP contribution in [0.2, 0.25) is 46.3 Å². The van der Waals surface area contributed by atoms with E-state index in [1.54, 1.807) is 10.4 Å². The first-order valence-electron chi connectivity index (χ1n) is 22.6. The van der Waals surface area contributed by atoms with E-state index in [9.17, 15) is 0 Å². The van der Waals surface area contributed by atoms with Gasteiger partial charge in [-0.3, -0.25) is 0 Å². The van der Waals surface area contributed by atoms with Crippen molar-refractivity contribution in [3.63, 3.8) is 0 Å². The zero-order valence-corrected chi connectivity index (χ0v) is 47.0. The molecule has 322 valence electrons. The van der Waals surface area contributed by atoms with Gasteiger partial charge in [0.1, 0.15) is 0 Å². The van der Waals surface area contributed by atoms with Gasteiger partial charge in [-0.05, 0) is 57.2 Å². The number of fused-ring (bicyclic) bond motifs is 2. The molecule has 0 nitrogen and oxygen atoms in total. The number of rotatable bonds is 12. The predicted octanol–water partition coefficient (Wildman–Crippen LogP) is 17.5. The van der Waals surface area contributed by atoms with Gasteiger partial charge >= 0.3 is 37.9 Å². The standard InChI is InChI=1S/2C26H35Si.C2H6Si.2ClH.Zr/c2*1-8-21-16-23-10-9-11-25(26(23)17-21)22-12-14-24(15-13-22)27(18(2)3,19(4)5)20(6)7;1-3-2;;;/h2*9-20H,8H2,1-7H3;1-2H3;2*1H;/q2*-1;;;;+4/p-2. The van der Waals surface area contributed by atoms with Crippen molar-refractivity contribution in [3.05, 3.63) is 120 Å². The van der Waals surface area contributed by atoms with Crippen LogP contribution in [-0.2, 0) is 33.7 Å². The summed E-state index contributed by atoms with van der Waals surface area (Å²) in [5.41, 5.74) is 12.7. The number of benzene rings is 4. The molecule has 0 aliphatic rings. The Morgan fingerprint density at radius 1 is 0.483 bits per heavy atom. The van der Waals surface area contributed by atoms with Crippen LogP contribution >= 0.6 is 17.0 Å². The summed E-state index contributed by atoms with van der Waals surface area (Å²) in [5, 5.41) is 8.75. The molecule has 0 amide bonds. The molecule has 0 saturated carbocycles. The average Bonchev–Trinajstić information content (AvgIpc) is 3.83. The predicted molar refractivity (Wildman–Crippen MR) is 279 cm³/mol. The molecule has 6 aromatic carbocycles. The van der Waals surface area contributed by atoms with Gasteiger partial charge in [0.2, 0.25) is 0 Å². The second-order valence-corrected chi connectivity index (χ2v) is 35.1. The molecule has 0 atom stereocenters. The topological polar surface area (TPSA) is 0 Å². The Morgan fingerprint density at radius 3 is 0.983 bits per heavy atom. The molecule has 6 heteroatoms. The van der Waals surface area contributed by atoms with Gasteiger partial charge in [-0.2, -0.15) is 12.1 Å². The average molecular weight is 972 g/mol. The summed E-state index contributed by atoms with van der Waals surface area (Å²) in [6, 6.07) is 42.1. The van der Waals surface area contributed by atoms with Gasteiger partial charge in [0.15, 0.2) is 0 Å². The molecule has 6 aromatic rings. The van der Waals surface area contributed by atoms with Crippen LogP contribution in [0.15, 0.2) is 109 Å². The zero-order chi connectivity index (χ0) is 44.9. The zero-order valence-electron chi connectivity index (χ0n) is 40.0. The second-order valence-electron chi connectivity index (χ2n) is 18.6. The van der Waals surface area contributed by atoms with Crippen molar-refractivity contribution in [2.45, 2.75) is 156 Å². The number of halogens is 2. The summed E-state index contributed by atoms with van der Waals surface area (Å²) in [5.74, 6) is 0. The molecular formula is C54H76Cl2Si3Zr.